The zero-order chi connectivity index (χ0) is 19.5. The van der Waals surface area contributed by atoms with E-state index in [1.54, 1.807) is 0 Å². The van der Waals surface area contributed by atoms with Gasteiger partial charge in [-0.05, 0) is 42.3 Å². The van der Waals surface area contributed by atoms with E-state index in [9.17, 15) is 26.4 Å². The molecule has 140 valence electrons. The van der Waals surface area contributed by atoms with Crippen LogP contribution >= 0.6 is 0 Å². The van der Waals surface area contributed by atoms with Crippen molar-refractivity contribution in [3.63, 3.8) is 0 Å². The second kappa shape index (κ2) is 7.46. The van der Waals surface area contributed by atoms with Gasteiger partial charge in [-0.2, -0.15) is 13.2 Å². The minimum atomic E-state index is -4.50. The first-order valence-electron chi connectivity index (χ1n) is 7.39. The number of benzene rings is 2. The molecular weight excluding hydrogens is 371 g/mol. The topological polar surface area (TPSA) is 72.5 Å². The van der Waals surface area contributed by atoms with Crippen molar-refractivity contribution in [2.24, 2.45) is 0 Å². The Morgan fingerprint density at radius 2 is 1.85 bits per heavy atom. The second-order valence-electron chi connectivity index (χ2n) is 5.49. The first-order chi connectivity index (χ1) is 12.0. The third-order valence-electron chi connectivity index (χ3n) is 3.61. The number of carbonyl (C=O) groups is 1. The molecule has 0 unspecified atom stereocenters. The molecule has 26 heavy (non-hydrogen) atoms. The summed E-state index contributed by atoms with van der Waals surface area (Å²) >= 11 is 0. The van der Waals surface area contributed by atoms with Crippen molar-refractivity contribution in [3.8, 4) is 0 Å². The summed E-state index contributed by atoms with van der Waals surface area (Å²) in [7, 11) is -2.76. The molecule has 0 saturated carbocycles. The average Bonchev–Trinajstić information content (AvgIpc) is 2.58. The maximum absolute atomic E-state index is 12.7. The molecule has 0 aliphatic carbocycles. The normalized spacial score (nSPS) is 12.0. The van der Waals surface area contributed by atoms with Crippen LogP contribution in [-0.2, 0) is 27.5 Å². The molecule has 0 amide bonds. The van der Waals surface area contributed by atoms with Crippen molar-refractivity contribution < 1.29 is 31.1 Å². The van der Waals surface area contributed by atoms with Gasteiger partial charge in [0.05, 0.1) is 23.1 Å². The lowest BCUT2D eigenvalue weighted by Crippen LogP contribution is -2.24. The highest BCUT2D eigenvalue weighted by Crippen LogP contribution is 2.29. The van der Waals surface area contributed by atoms with Gasteiger partial charge in [-0.15, -0.1) is 0 Å². The van der Waals surface area contributed by atoms with Gasteiger partial charge in [0.25, 0.3) is 0 Å². The van der Waals surface area contributed by atoms with Crippen LogP contribution in [0.25, 0.3) is 0 Å². The van der Waals surface area contributed by atoms with E-state index in [1.807, 2.05) is 0 Å². The van der Waals surface area contributed by atoms with Crippen LogP contribution < -0.4 is 4.72 Å². The van der Waals surface area contributed by atoms with Crippen LogP contribution in [0.3, 0.4) is 0 Å². The van der Waals surface area contributed by atoms with E-state index < -0.39 is 27.7 Å². The largest absolute Gasteiger partial charge is 0.465 e. The predicted octanol–water partition coefficient (Wildman–Crippen LogP) is 3.28. The van der Waals surface area contributed by atoms with Crippen LogP contribution in [0.2, 0.25) is 0 Å². The smallest absolute Gasteiger partial charge is 0.416 e. The van der Waals surface area contributed by atoms with Gasteiger partial charge in [0.15, 0.2) is 0 Å². The molecule has 0 fully saturated rings. The van der Waals surface area contributed by atoms with Crippen LogP contribution in [-0.4, -0.2) is 21.5 Å². The standard InChI is InChI=1S/C17H16F3NO4S/c1-11-8-13(16(22)25-2)6-7-15(11)26(23,24)21-10-12-4-3-5-14(9-12)17(18,19)20/h3-9,21H,10H2,1-2H3. The SMILES string of the molecule is COC(=O)c1ccc(S(=O)(=O)NCc2cccc(C(F)(F)F)c2)c(C)c1. The highest BCUT2D eigenvalue weighted by molar-refractivity contribution is 7.89. The van der Waals surface area contributed by atoms with Gasteiger partial charge >= 0.3 is 12.1 Å². The predicted molar refractivity (Wildman–Crippen MR) is 88.0 cm³/mol. The third kappa shape index (κ3) is 4.61. The molecule has 0 heterocycles. The van der Waals surface area contributed by atoms with Crippen LogP contribution in [0, 0.1) is 6.92 Å². The number of aryl methyl sites for hydroxylation is 1. The monoisotopic (exact) mass is 387 g/mol. The molecule has 5 nitrogen and oxygen atoms in total. The number of alkyl halides is 3. The number of hydrogen-bond acceptors (Lipinski definition) is 4. The number of halogens is 3. The fourth-order valence-corrected chi connectivity index (χ4v) is 3.55. The van der Waals surface area contributed by atoms with Gasteiger partial charge < -0.3 is 4.74 Å². The summed E-state index contributed by atoms with van der Waals surface area (Å²) in [4.78, 5) is 11.4. The summed E-state index contributed by atoms with van der Waals surface area (Å²) in [5.74, 6) is -0.603. The maximum atomic E-state index is 12.7. The summed E-state index contributed by atoms with van der Waals surface area (Å²) in [6.07, 6.45) is -4.50. The number of rotatable bonds is 5. The van der Waals surface area contributed by atoms with E-state index >= 15 is 0 Å². The Balaban J connectivity index is 2.21. The van der Waals surface area contributed by atoms with Crippen LogP contribution in [0.5, 0.6) is 0 Å². The molecule has 0 aliphatic rings. The molecule has 2 rings (SSSR count). The second-order valence-corrected chi connectivity index (χ2v) is 7.23. The number of hydrogen-bond donors (Lipinski definition) is 1. The Labute approximate surface area is 148 Å². The molecule has 0 aliphatic heterocycles. The minimum Gasteiger partial charge on any atom is -0.465 e. The highest BCUT2D eigenvalue weighted by Gasteiger charge is 2.30. The summed E-state index contributed by atoms with van der Waals surface area (Å²) in [5, 5.41) is 0. The zero-order valence-corrected chi connectivity index (χ0v) is 14.7. The van der Waals surface area contributed by atoms with E-state index in [0.717, 1.165) is 12.1 Å². The molecule has 0 spiro atoms. The average molecular weight is 387 g/mol. The Morgan fingerprint density at radius 1 is 1.15 bits per heavy atom. The molecule has 2 aromatic carbocycles. The molecule has 0 saturated heterocycles. The fourth-order valence-electron chi connectivity index (χ4n) is 2.31. The van der Waals surface area contributed by atoms with Crippen molar-refractivity contribution in [2.75, 3.05) is 7.11 Å². The first-order valence-corrected chi connectivity index (χ1v) is 8.87. The van der Waals surface area contributed by atoms with Gasteiger partial charge in [-0.3, -0.25) is 0 Å². The number of nitrogens with one attached hydrogen (secondary N) is 1. The molecule has 0 aromatic heterocycles. The van der Waals surface area contributed by atoms with Crippen molar-refractivity contribution >= 4 is 16.0 Å². The van der Waals surface area contributed by atoms with Crippen molar-refractivity contribution in [2.45, 2.75) is 24.5 Å². The molecule has 0 radical (unpaired) electrons. The molecule has 2 aromatic rings. The molecule has 1 N–H and O–H groups in total. The number of carbonyl (C=O) groups excluding carboxylic acids is 1. The molecule has 0 bridgehead atoms. The lowest BCUT2D eigenvalue weighted by molar-refractivity contribution is -0.137. The van der Waals surface area contributed by atoms with Gasteiger partial charge in [0.2, 0.25) is 10.0 Å². The summed E-state index contributed by atoms with van der Waals surface area (Å²) < 4.78 is 69.8. The summed E-state index contributed by atoms with van der Waals surface area (Å²) in [6.45, 7) is 1.20. The lowest BCUT2D eigenvalue weighted by atomic mass is 10.1. The number of ether oxygens (including phenoxy) is 1. The number of sulfonamides is 1. The minimum absolute atomic E-state index is 0.0721. The van der Waals surface area contributed by atoms with Crippen LogP contribution in [0.4, 0.5) is 13.2 Å². The lowest BCUT2D eigenvalue weighted by Gasteiger charge is -2.12. The highest BCUT2D eigenvalue weighted by atomic mass is 32.2. The van der Waals surface area contributed by atoms with Gasteiger partial charge in [0.1, 0.15) is 0 Å². The van der Waals surface area contributed by atoms with E-state index in [-0.39, 0.29) is 22.6 Å². The van der Waals surface area contributed by atoms with Crippen LogP contribution in [0.1, 0.15) is 27.0 Å². The van der Waals surface area contributed by atoms with E-state index in [0.29, 0.717) is 5.56 Å². The van der Waals surface area contributed by atoms with Gasteiger partial charge in [-0.25, -0.2) is 17.9 Å². The summed E-state index contributed by atoms with van der Waals surface area (Å²) in [6, 6.07) is 8.32. The summed E-state index contributed by atoms with van der Waals surface area (Å²) in [5.41, 5.74) is -0.175. The van der Waals surface area contributed by atoms with Gasteiger partial charge in [-0.1, -0.05) is 18.2 Å². The zero-order valence-electron chi connectivity index (χ0n) is 13.9. The number of methoxy groups -OCH3 is 1. The van der Waals surface area contributed by atoms with E-state index in [4.69, 9.17) is 0 Å². The third-order valence-corrected chi connectivity index (χ3v) is 5.17. The fraction of sp³-hybridized carbons (Fsp3) is 0.235. The Kier molecular flexibility index (Phi) is 5.72. The Hall–Kier alpha value is -2.39. The Morgan fingerprint density at radius 3 is 2.42 bits per heavy atom. The Bertz CT molecular complexity index is 924. The molecule has 9 heteroatoms. The molecular formula is C17H16F3NO4S. The van der Waals surface area contributed by atoms with Crippen molar-refractivity contribution in [1.82, 2.24) is 4.72 Å². The van der Waals surface area contributed by atoms with Crippen molar-refractivity contribution in [3.05, 3.63) is 64.7 Å². The van der Waals surface area contributed by atoms with E-state index in [1.165, 1.54) is 44.4 Å². The number of esters is 1. The van der Waals surface area contributed by atoms with Gasteiger partial charge in [0, 0.05) is 6.54 Å². The molecule has 0 atom stereocenters. The van der Waals surface area contributed by atoms with Crippen molar-refractivity contribution in [1.29, 1.82) is 0 Å². The quantitative estimate of drug-likeness (QED) is 0.800. The first kappa shape index (κ1) is 19.9. The van der Waals surface area contributed by atoms with Crippen LogP contribution in [0.15, 0.2) is 47.4 Å². The maximum Gasteiger partial charge on any atom is 0.416 e. The van der Waals surface area contributed by atoms with E-state index in [2.05, 4.69) is 9.46 Å².